The number of amides is 1. The van der Waals surface area contributed by atoms with Crippen molar-refractivity contribution in [2.75, 3.05) is 7.11 Å². The molecule has 0 saturated carbocycles. The zero-order chi connectivity index (χ0) is 20.7. The second kappa shape index (κ2) is 7.39. The average molecular weight is 389 g/mol. The van der Waals surface area contributed by atoms with Gasteiger partial charge in [0.1, 0.15) is 11.4 Å². The Morgan fingerprint density at radius 3 is 2.21 bits per heavy atom. The molecule has 29 heavy (non-hydrogen) atoms. The first kappa shape index (κ1) is 19.2. The molecule has 0 fully saturated rings. The van der Waals surface area contributed by atoms with Gasteiger partial charge >= 0.3 is 0 Å². The Hall–Kier alpha value is -3.08. The maximum atomic E-state index is 13.2. The highest BCUT2D eigenvalue weighted by Crippen LogP contribution is 2.44. The standard InChI is InChI=1S/C24H27N3O2/c1-14(2)16-6-8-18(9-7-16)23-20-21(17-10-12-19(29-5)13-11-17)25-26-22(20)24(28)27(23)15(3)4/h6-15,23H,1-5H3,(H,25,26). The van der Waals surface area contributed by atoms with E-state index in [2.05, 4.69) is 62.2 Å². The van der Waals surface area contributed by atoms with E-state index in [1.807, 2.05) is 29.2 Å². The monoisotopic (exact) mass is 389 g/mol. The molecular formula is C24H27N3O2. The van der Waals surface area contributed by atoms with Crippen LogP contribution in [0, 0.1) is 0 Å². The highest BCUT2D eigenvalue weighted by molar-refractivity contribution is 6.00. The number of aromatic amines is 1. The van der Waals surface area contributed by atoms with Crippen LogP contribution in [0.1, 0.15) is 66.8 Å². The summed E-state index contributed by atoms with van der Waals surface area (Å²) in [6.07, 6.45) is 0. The Bertz CT molecular complexity index is 1020. The molecular weight excluding hydrogens is 362 g/mol. The summed E-state index contributed by atoms with van der Waals surface area (Å²) < 4.78 is 5.28. The predicted molar refractivity (Wildman–Crippen MR) is 114 cm³/mol. The van der Waals surface area contributed by atoms with E-state index in [9.17, 15) is 4.79 Å². The first-order valence-corrected chi connectivity index (χ1v) is 10.1. The summed E-state index contributed by atoms with van der Waals surface area (Å²) in [5, 5.41) is 7.52. The Morgan fingerprint density at radius 2 is 1.66 bits per heavy atom. The summed E-state index contributed by atoms with van der Waals surface area (Å²) in [6.45, 7) is 8.48. The van der Waals surface area contributed by atoms with Crippen molar-refractivity contribution >= 4 is 5.91 Å². The molecule has 0 spiro atoms. The summed E-state index contributed by atoms with van der Waals surface area (Å²) >= 11 is 0. The quantitative estimate of drug-likeness (QED) is 0.655. The van der Waals surface area contributed by atoms with Crippen LogP contribution in [0.3, 0.4) is 0 Å². The fraction of sp³-hybridized carbons (Fsp3) is 0.333. The molecule has 0 bridgehead atoms. The number of aromatic nitrogens is 2. The van der Waals surface area contributed by atoms with Gasteiger partial charge in [-0.15, -0.1) is 0 Å². The molecule has 4 rings (SSSR count). The Morgan fingerprint density at radius 1 is 1.00 bits per heavy atom. The molecule has 0 radical (unpaired) electrons. The van der Waals surface area contributed by atoms with Gasteiger partial charge in [0.25, 0.3) is 5.91 Å². The molecule has 150 valence electrons. The number of carbonyl (C=O) groups excluding carboxylic acids is 1. The van der Waals surface area contributed by atoms with Crippen molar-refractivity contribution in [2.24, 2.45) is 0 Å². The molecule has 3 aromatic rings. The van der Waals surface area contributed by atoms with Gasteiger partial charge in [0, 0.05) is 17.2 Å². The van der Waals surface area contributed by atoms with Crippen molar-refractivity contribution in [1.29, 1.82) is 0 Å². The van der Waals surface area contributed by atoms with Gasteiger partial charge < -0.3 is 9.64 Å². The van der Waals surface area contributed by atoms with Crippen LogP contribution < -0.4 is 4.74 Å². The molecule has 1 N–H and O–H groups in total. The molecule has 1 aliphatic rings. The smallest absolute Gasteiger partial charge is 0.273 e. The van der Waals surface area contributed by atoms with Crippen molar-refractivity contribution in [3.8, 4) is 17.0 Å². The van der Waals surface area contributed by atoms with Gasteiger partial charge in [-0.2, -0.15) is 5.10 Å². The van der Waals surface area contributed by atoms with Gasteiger partial charge in [0.05, 0.1) is 18.8 Å². The number of fused-ring (bicyclic) bond motifs is 1. The van der Waals surface area contributed by atoms with Crippen LogP contribution in [-0.4, -0.2) is 34.2 Å². The number of benzene rings is 2. The summed E-state index contributed by atoms with van der Waals surface area (Å²) in [4.78, 5) is 15.1. The number of H-pyrrole nitrogens is 1. The number of nitrogens with one attached hydrogen (secondary N) is 1. The lowest BCUT2D eigenvalue weighted by Gasteiger charge is -2.30. The number of hydrogen-bond acceptors (Lipinski definition) is 3. The van der Waals surface area contributed by atoms with Crippen LogP contribution in [0.4, 0.5) is 0 Å². The molecule has 1 aromatic heterocycles. The van der Waals surface area contributed by atoms with Crippen LogP contribution in [0.25, 0.3) is 11.3 Å². The Balaban J connectivity index is 1.84. The second-order valence-electron chi connectivity index (χ2n) is 8.12. The minimum Gasteiger partial charge on any atom is -0.497 e. The van der Waals surface area contributed by atoms with Crippen LogP contribution in [0.5, 0.6) is 5.75 Å². The van der Waals surface area contributed by atoms with Crippen molar-refractivity contribution in [1.82, 2.24) is 15.1 Å². The lowest BCUT2D eigenvalue weighted by molar-refractivity contribution is 0.0688. The van der Waals surface area contributed by atoms with E-state index in [1.54, 1.807) is 7.11 Å². The molecule has 1 amide bonds. The van der Waals surface area contributed by atoms with E-state index in [0.717, 1.165) is 28.1 Å². The highest BCUT2D eigenvalue weighted by atomic mass is 16.5. The molecule has 2 heterocycles. The van der Waals surface area contributed by atoms with Gasteiger partial charge in [0.15, 0.2) is 0 Å². The molecule has 1 aliphatic heterocycles. The Kier molecular flexibility index (Phi) is 4.91. The SMILES string of the molecule is COc1ccc(-c2n[nH]c3c2C(c2ccc(C(C)C)cc2)N(C(C)C)C3=O)cc1. The first-order valence-electron chi connectivity index (χ1n) is 10.1. The van der Waals surface area contributed by atoms with Crippen LogP contribution in [-0.2, 0) is 0 Å². The van der Waals surface area contributed by atoms with Gasteiger partial charge in [-0.3, -0.25) is 9.89 Å². The lowest BCUT2D eigenvalue weighted by Crippen LogP contribution is -2.35. The summed E-state index contributed by atoms with van der Waals surface area (Å²) in [7, 11) is 1.65. The van der Waals surface area contributed by atoms with E-state index in [4.69, 9.17) is 4.74 Å². The second-order valence-corrected chi connectivity index (χ2v) is 8.12. The van der Waals surface area contributed by atoms with E-state index < -0.39 is 0 Å². The van der Waals surface area contributed by atoms with Gasteiger partial charge in [-0.05, 0) is 55.2 Å². The zero-order valence-corrected chi connectivity index (χ0v) is 17.6. The van der Waals surface area contributed by atoms with Gasteiger partial charge in [-0.25, -0.2) is 0 Å². The predicted octanol–water partition coefficient (Wildman–Crippen LogP) is 5.16. The largest absolute Gasteiger partial charge is 0.497 e. The highest BCUT2D eigenvalue weighted by Gasteiger charge is 2.43. The maximum absolute atomic E-state index is 13.2. The minimum atomic E-state index is -0.158. The first-order chi connectivity index (χ1) is 13.9. The third kappa shape index (κ3) is 3.20. The van der Waals surface area contributed by atoms with E-state index >= 15 is 0 Å². The number of methoxy groups -OCH3 is 1. The van der Waals surface area contributed by atoms with E-state index in [1.165, 1.54) is 5.56 Å². The van der Waals surface area contributed by atoms with E-state index in [0.29, 0.717) is 11.6 Å². The molecule has 5 nitrogen and oxygen atoms in total. The lowest BCUT2D eigenvalue weighted by atomic mass is 9.93. The summed E-state index contributed by atoms with van der Waals surface area (Å²) in [5.41, 5.74) is 5.71. The average Bonchev–Trinajstić information content (AvgIpc) is 3.27. The normalized spacial score (nSPS) is 16.0. The van der Waals surface area contributed by atoms with Crippen molar-refractivity contribution in [2.45, 2.75) is 45.7 Å². The topological polar surface area (TPSA) is 58.2 Å². The van der Waals surface area contributed by atoms with Crippen LogP contribution >= 0.6 is 0 Å². The van der Waals surface area contributed by atoms with Gasteiger partial charge in [0.2, 0.25) is 0 Å². The number of rotatable bonds is 5. The molecule has 2 aromatic carbocycles. The van der Waals surface area contributed by atoms with Crippen molar-refractivity contribution in [3.63, 3.8) is 0 Å². The third-order valence-corrected chi connectivity index (χ3v) is 5.64. The zero-order valence-electron chi connectivity index (χ0n) is 17.6. The number of carbonyl (C=O) groups is 1. The fourth-order valence-corrected chi connectivity index (χ4v) is 4.06. The number of nitrogens with zero attached hydrogens (tertiary/aromatic N) is 2. The molecule has 0 saturated heterocycles. The minimum absolute atomic E-state index is 0.000183. The maximum Gasteiger partial charge on any atom is 0.273 e. The van der Waals surface area contributed by atoms with Gasteiger partial charge in [-0.1, -0.05) is 38.1 Å². The summed E-state index contributed by atoms with van der Waals surface area (Å²) in [5.74, 6) is 1.26. The van der Waals surface area contributed by atoms with Crippen LogP contribution in [0.15, 0.2) is 48.5 Å². The summed E-state index contributed by atoms with van der Waals surface area (Å²) in [6, 6.07) is 16.3. The molecule has 1 atom stereocenters. The molecule has 5 heteroatoms. The Labute approximate surface area is 171 Å². The van der Waals surface area contributed by atoms with E-state index in [-0.39, 0.29) is 18.0 Å². The van der Waals surface area contributed by atoms with Crippen molar-refractivity contribution in [3.05, 3.63) is 70.9 Å². The van der Waals surface area contributed by atoms with Crippen LogP contribution in [0.2, 0.25) is 0 Å². The van der Waals surface area contributed by atoms with Crippen molar-refractivity contribution < 1.29 is 9.53 Å². The number of ether oxygens (including phenoxy) is 1. The fourth-order valence-electron chi connectivity index (χ4n) is 4.06. The molecule has 1 unspecified atom stereocenters. The third-order valence-electron chi connectivity index (χ3n) is 5.64. The molecule has 0 aliphatic carbocycles. The number of hydrogen-bond donors (Lipinski definition) is 1.